The summed E-state index contributed by atoms with van der Waals surface area (Å²) in [6.07, 6.45) is 4.97. The molecule has 8 aromatic carbocycles. The molecule has 0 atom stereocenters. The summed E-state index contributed by atoms with van der Waals surface area (Å²) in [5.41, 5.74) is 17.2. The highest BCUT2D eigenvalue weighted by Crippen LogP contribution is 2.44. The minimum atomic E-state index is 0.916. The van der Waals surface area contributed by atoms with Crippen molar-refractivity contribution in [2.24, 2.45) is 4.99 Å². The van der Waals surface area contributed by atoms with E-state index in [0.717, 1.165) is 39.9 Å². The Labute approximate surface area is 319 Å². The lowest BCUT2D eigenvalue weighted by Gasteiger charge is -2.20. The lowest BCUT2D eigenvalue weighted by atomic mass is 9.83. The number of aliphatic imine (C=N–C) groups is 1. The molecule has 0 spiro atoms. The van der Waals surface area contributed by atoms with Gasteiger partial charge in [0, 0.05) is 17.3 Å². The largest absolute Gasteiger partial charge is 0.256 e. The van der Waals surface area contributed by atoms with E-state index < -0.39 is 0 Å². The fourth-order valence-electron chi connectivity index (χ4n) is 7.25. The lowest BCUT2D eigenvalue weighted by molar-refractivity contribution is 1.21. The molecule has 0 aliphatic rings. The maximum Gasteiger partial charge on any atom is 0.0774 e. The highest BCUT2D eigenvalue weighted by molar-refractivity contribution is 6.14. The van der Waals surface area contributed by atoms with Crippen LogP contribution in [0.2, 0.25) is 0 Å². The van der Waals surface area contributed by atoms with E-state index in [1.54, 1.807) is 0 Å². The maximum atomic E-state index is 5.12. The molecular weight excluding hydrogens is 651 g/mol. The van der Waals surface area contributed by atoms with Gasteiger partial charge in [0.1, 0.15) is 0 Å². The van der Waals surface area contributed by atoms with Crippen molar-refractivity contribution in [2.75, 3.05) is 0 Å². The van der Waals surface area contributed by atoms with Crippen molar-refractivity contribution in [3.63, 3.8) is 0 Å². The first-order chi connectivity index (χ1) is 26.8. The molecule has 258 valence electrons. The van der Waals surface area contributed by atoms with E-state index in [-0.39, 0.29) is 0 Å². The standard InChI is InChI=1S/C53H41N/c1-2-3-33-54-53(43-29-17-8-18-30-43)47-35-44(34-46(36-47)49-32-20-19-31-48(49)39-21-9-4-10-22-39)45-37-50(40-23-11-5-12-24-40)52(42-27-15-7-16-28-42)51(38-45)41-25-13-6-14-26-41/h3-38H,2H2,1H3/b33-3+,54-53?. The lowest BCUT2D eigenvalue weighted by Crippen LogP contribution is -2.04. The first kappa shape index (κ1) is 34.3. The molecule has 0 bridgehead atoms. The molecule has 0 heterocycles. The zero-order chi connectivity index (χ0) is 36.5. The predicted octanol–water partition coefficient (Wildman–Crippen LogP) is 14.4. The van der Waals surface area contributed by atoms with Crippen LogP contribution in [-0.2, 0) is 0 Å². The second-order valence-corrected chi connectivity index (χ2v) is 13.4. The van der Waals surface area contributed by atoms with Crippen molar-refractivity contribution in [3.8, 4) is 66.8 Å². The summed E-state index contributed by atoms with van der Waals surface area (Å²) in [7, 11) is 0. The van der Waals surface area contributed by atoms with Crippen molar-refractivity contribution < 1.29 is 0 Å². The van der Waals surface area contributed by atoms with Gasteiger partial charge in [-0.05, 0) is 104 Å². The van der Waals surface area contributed by atoms with Gasteiger partial charge in [0.2, 0.25) is 0 Å². The molecule has 8 rings (SSSR count). The third kappa shape index (κ3) is 7.39. The van der Waals surface area contributed by atoms with Crippen LogP contribution >= 0.6 is 0 Å². The van der Waals surface area contributed by atoms with E-state index >= 15 is 0 Å². The highest BCUT2D eigenvalue weighted by Gasteiger charge is 2.19. The molecule has 0 saturated carbocycles. The average molecular weight is 692 g/mol. The summed E-state index contributed by atoms with van der Waals surface area (Å²) in [6.45, 7) is 2.14. The number of hydrogen-bond donors (Lipinski definition) is 0. The van der Waals surface area contributed by atoms with Crippen molar-refractivity contribution >= 4 is 5.71 Å². The van der Waals surface area contributed by atoms with Crippen LogP contribution in [0.3, 0.4) is 0 Å². The second kappa shape index (κ2) is 16.2. The predicted molar refractivity (Wildman–Crippen MR) is 231 cm³/mol. The van der Waals surface area contributed by atoms with E-state index in [9.17, 15) is 0 Å². The fraction of sp³-hybridized carbons (Fsp3) is 0.0377. The molecule has 1 heteroatoms. The Morgan fingerprint density at radius 3 is 1.30 bits per heavy atom. The first-order valence-electron chi connectivity index (χ1n) is 18.7. The number of rotatable bonds is 10. The van der Waals surface area contributed by atoms with Crippen LogP contribution in [0.1, 0.15) is 24.5 Å². The zero-order valence-corrected chi connectivity index (χ0v) is 30.4. The zero-order valence-electron chi connectivity index (χ0n) is 30.4. The van der Waals surface area contributed by atoms with Gasteiger partial charge in [-0.25, -0.2) is 0 Å². The SMILES string of the molecule is CC/C=C/N=C(c1ccccc1)c1cc(-c2cc(-c3ccccc3)c(-c3ccccc3)c(-c3ccccc3)c2)cc(-c2ccccc2-c2ccccc2)c1. The number of benzene rings is 8. The summed E-state index contributed by atoms with van der Waals surface area (Å²) in [4.78, 5) is 5.12. The third-order valence-electron chi connectivity index (χ3n) is 9.83. The normalized spacial score (nSPS) is 11.5. The number of nitrogens with zero attached hydrogens (tertiary/aromatic N) is 1. The van der Waals surface area contributed by atoms with Crippen LogP contribution in [0.5, 0.6) is 0 Å². The Balaban J connectivity index is 1.45. The Kier molecular flexibility index (Phi) is 10.3. The van der Waals surface area contributed by atoms with Gasteiger partial charge in [-0.15, -0.1) is 0 Å². The maximum absolute atomic E-state index is 5.12. The van der Waals surface area contributed by atoms with Gasteiger partial charge in [0.05, 0.1) is 5.71 Å². The molecule has 8 aromatic rings. The van der Waals surface area contributed by atoms with E-state index in [2.05, 4.69) is 219 Å². The van der Waals surface area contributed by atoms with Crippen molar-refractivity contribution in [3.05, 3.63) is 230 Å². The molecule has 0 fully saturated rings. The quantitative estimate of drug-likeness (QED) is 0.127. The van der Waals surface area contributed by atoms with Crippen LogP contribution in [-0.4, -0.2) is 5.71 Å². The average Bonchev–Trinajstić information content (AvgIpc) is 3.26. The summed E-state index contributed by atoms with van der Waals surface area (Å²) >= 11 is 0. The van der Waals surface area contributed by atoms with E-state index in [0.29, 0.717) is 0 Å². The number of hydrogen-bond acceptors (Lipinski definition) is 1. The second-order valence-electron chi connectivity index (χ2n) is 13.4. The summed E-state index contributed by atoms with van der Waals surface area (Å²) in [5.74, 6) is 0. The molecule has 54 heavy (non-hydrogen) atoms. The molecule has 0 unspecified atom stereocenters. The summed E-state index contributed by atoms with van der Waals surface area (Å²) in [6, 6.07) is 74.1. The van der Waals surface area contributed by atoms with Crippen LogP contribution in [0, 0.1) is 0 Å². The van der Waals surface area contributed by atoms with Gasteiger partial charge < -0.3 is 0 Å². The minimum Gasteiger partial charge on any atom is -0.256 e. The van der Waals surface area contributed by atoms with Crippen molar-refractivity contribution in [1.29, 1.82) is 0 Å². The van der Waals surface area contributed by atoms with Crippen LogP contribution in [0.15, 0.2) is 224 Å². The molecule has 0 aromatic heterocycles. The van der Waals surface area contributed by atoms with E-state index in [1.165, 1.54) is 50.1 Å². The van der Waals surface area contributed by atoms with Gasteiger partial charge in [-0.3, -0.25) is 4.99 Å². The Bertz CT molecular complexity index is 2470. The third-order valence-corrected chi connectivity index (χ3v) is 9.83. The molecule has 1 nitrogen and oxygen atoms in total. The highest BCUT2D eigenvalue weighted by atomic mass is 14.7. The van der Waals surface area contributed by atoms with Crippen molar-refractivity contribution in [2.45, 2.75) is 13.3 Å². The van der Waals surface area contributed by atoms with Crippen LogP contribution in [0.4, 0.5) is 0 Å². The van der Waals surface area contributed by atoms with Gasteiger partial charge in [-0.2, -0.15) is 0 Å². The monoisotopic (exact) mass is 691 g/mol. The first-order valence-corrected chi connectivity index (χ1v) is 18.7. The van der Waals surface area contributed by atoms with Crippen molar-refractivity contribution in [1.82, 2.24) is 0 Å². The smallest absolute Gasteiger partial charge is 0.0774 e. The Hall–Kier alpha value is -6.83. The Morgan fingerprint density at radius 2 is 0.778 bits per heavy atom. The molecule has 0 radical (unpaired) electrons. The van der Waals surface area contributed by atoms with E-state index in [4.69, 9.17) is 4.99 Å². The Morgan fingerprint density at radius 1 is 0.370 bits per heavy atom. The molecule has 0 saturated heterocycles. The van der Waals surface area contributed by atoms with E-state index in [1.807, 2.05) is 6.20 Å². The molecule has 0 amide bonds. The minimum absolute atomic E-state index is 0.916. The number of allylic oxidation sites excluding steroid dienone is 1. The summed E-state index contributed by atoms with van der Waals surface area (Å²) < 4.78 is 0. The van der Waals surface area contributed by atoms with Crippen LogP contribution < -0.4 is 0 Å². The fourth-order valence-corrected chi connectivity index (χ4v) is 7.25. The molecular formula is C53H41N. The van der Waals surface area contributed by atoms with Gasteiger partial charge >= 0.3 is 0 Å². The molecule has 0 aliphatic heterocycles. The molecule has 0 aliphatic carbocycles. The van der Waals surface area contributed by atoms with Crippen LogP contribution in [0.25, 0.3) is 66.8 Å². The van der Waals surface area contributed by atoms with Gasteiger partial charge in [0.15, 0.2) is 0 Å². The van der Waals surface area contributed by atoms with Gasteiger partial charge in [-0.1, -0.05) is 189 Å². The summed E-state index contributed by atoms with van der Waals surface area (Å²) in [5, 5.41) is 0. The van der Waals surface area contributed by atoms with Gasteiger partial charge in [0.25, 0.3) is 0 Å². The topological polar surface area (TPSA) is 12.4 Å². The molecule has 0 N–H and O–H groups in total.